The van der Waals surface area contributed by atoms with Gasteiger partial charge in [0.05, 0.1) is 11.8 Å². The van der Waals surface area contributed by atoms with Gasteiger partial charge in [-0.15, -0.1) is 11.8 Å². The third kappa shape index (κ3) is 2.67. The summed E-state index contributed by atoms with van der Waals surface area (Å²) in [4.78, 5) is 19.7. The van der Waals surface area contributed by atoms with E-state index in [-0.39, 0.29) is 0 Å². The molecule has 0 spiro atoms. The Hall–Kier alpha value is -2.41. The highest BCUT2D eigenvalue weighted by Crippen LogP contribution is 2.22. The minimum Gasteiger partial charge on any atom is -0.478 e. The molecule has 0 saturated heterocycles. The molecule has 6 nitrogen and oxygen atoms in total. The number of rotatable bonds is 5. The lowest BCUT2D eigenvalue weighted by molar-refractivity contribution is 0.0695. The van der Waals surface area contributed by atoms with E-state index in [0.717, 1.165) is 21.6 Å². The van der Waals surface area contributed by atoms with Crippen LogP contribution in [0.1, 0.15) is 15.9 Å². The molecule has 0 fully saturated rings. The average molecular weight is 314 g/mol. The normalized spacial score (nSPS) is 11.0. The van der Waals surface area contributed by atoms with Crippen molar-refractivity contribution in [2.24, 2.45) is 0 Å². The van der Waals surface area contributed by atoms with Crippen molar-refractivity contribution in [2.75, 3.05) is 6.26 Å². The van der Waals surface area contributed by atoms with Gasteiger partial charge in [-0.05, 0) is 24.3 Å². The van der Waals surface area contributed by atoms with Gasteiger partial charge in [0.15, 0.2) is 0 Å². The van der Waals surface area contributed by atoms with Crippen LogP contribution in [0.5, 0.6) is 0 Å². The highest BCUT2D eigenvalue weighted by molar-refractivity contribution is 7.98. The number of hydrogen-bond donors (Lipinski definition) is 1. The Labute approximate surface area is 131 Å². The Balaban J connectivity index is 1.91. The highest BCUT2D eigenvalue weighted by Gasteiger charge is 2.12. The van der Waals surface area contributed by atoms with Gasteiger partial charge in [-0.3, -0.25) is 4.68 Å². The summed E-state index contributed by atoms with van der Waals surface area (Å²) < 4.78 is 1.83. The second-order valence-electron chi connectivity index (χ2n) is 4.70. The van der Waals surface area contributed by atoms with E-state index in [2.05, 4.69) is 15.1 Å². The number of thioether (sulfide) groups is 1. The van der Waals surface area contributed by atoms with Crippen LogP contribution in [0.2, 0.25) is 0 Å². The van der Waals surface area contributed by atoms with Crippen molar-refractivity contribution in [3.63, 3.8) is 0 Å². The van der Waals surface area contributed by atoms with Crippen molar-refractivity contribution >= 4 is 28.8 Å². The smallest absolute Gasteiger partial charge is 0.335 e. The zero-order valence-electron chi connectivity index (χ0n) is 11.9. The predicted molar refractivity (Wildman–Crippen MR) is 84.2 cm³/mol. The first-order valence-corrected chi connectivity index (χ1v) is 7.95. The Morgan fingerprint density at radius 3 is 2.91 bits per heavy atom. The lowest BCUT2D eigenvalue weighted by atomic mass is 10.0. The molecule has 2 aromatic heterocycles. The van der Waals surface area contributed by atoms with Gasteiger partial charge in [-0.25, -0.2) is 14.8 Å². The molecule has 0 bridgehead atoms. The molecule has 0 atom stereocenters. The maximum absolute atomic E-state index is 11.3. The molecule has 22 heavy (non-hydrogen) atoms. The summed E-state index contributed by atoms with van der Waals surface area (Å²) in [7, 11) is 0. The molecule has 1 aromatic carbocycles. The molecule has 0 amide bonds. The van der Waals surface area contributed by atoms with Crippen molar-refractivity contribution in [1.29, 1.82) is 0 Å². The Morgan fingerprint density at radius 1 is 1.32 bits per heavy atom. The molecule has 0 aliphatic heterocycles. The summed E-state index contributed by atoms with van der Waals surface area (Å²) in [5.74, 6) is -0.908. The number of aromatic nitrogens is 4. The van der Waals surface area contributed by atoms with E-state index in [1.165, 1.54) is 6.33 Å². The summed E-state index contributed by atoms with van der Waals surface area (Å²) in [6, 6.07) is 7.03. The van der Waals surface area contributed by atoms with Gasteiger partial charge in [-0.2, -0.15) is 5.10 Å². The zero-order chi connectivity index (χ0) is 15.5. The van der Waals surface area contributed by atoms with Crippen molar-refractivity contribution in [3.8, 4) is 0 Å². The van der Waals surface area contributed by atoms with Crippen molar-refractivity contribution in [1.82, 2.24) is 19.7 Å². The first kappa shape index (κ1) is 14.5. The number of carbonyl (C=O) groups is 1. The van der Waals surface area contributed by atoms with Gasteiger partial charge >= 0.3 is 5.97 Å². The third-order valence-corrected chi connectivity index (χ3v) is 4.11. The fraction of sp³-hybridized carbons (Fsp3) is 0.200. The lowest BCUT2D eigenvalue weighted by Crippen LogP contribution is -2.08. The van der Waals surface area contributed by atoms with Gasteiger partial charge in [0.25, 0.3) is 0 Å². The number of carboxylic acids is 1. The molecule has 0 aliphatic rings. The molecule has 0 radical (unpaired) electrons. The predicted octanol–water partition coefficient (Wildman–Crippen LogP) is 2.49. The fourth-order valence-corrected chi connectivity index (χ4v) is 2.94. The first-order chi connectivity index (χ1) is 10.7. The lowest BCUT2D eigenvalue weighted by Gasteiger charge is -2.08. The number of nitrogens with zero attached hydrogens (tertiary/aromatic N) is 4. The van der Waals surface area contributed by atoms with Crippen molar-refractivity contribution in [3.05, 3.63) is 47.9 Å². The molecular weight excluding hydrogens is 300 g/mol. The maximum Gasteiger partial charge on any atom is 0.335 e. The fourth-order valence-electron chi connectivity index (χ4n) is 2.39. The Morgan fingerprint density at radius 2 is 2.14 bits per heavy atom. The van der Waals surface area contributed by atoms with Crippen LogP contribution in [0, 0.1) is 0 Å². The van der Waals surface area contributed by atoms with Crippen LogP contribution in [0.3, 0.4) is 0 Å². The number of aryl methyl sites for hydroxylation is 2. The largest absolute Gasteiger partial charge is 0.478 e. The minimum absolute atomic E-state index is 0.334. The molecule has 0 aliphatic carbocycles. The van der Waals surface area contributed by atoms with E-state index in [0.29, 0.717) is 18.5 Å². The molecule has 1 N–H and O–H groups in total. The van der Waals surface area contributed by atoms with Gasteiger partial charge in [-0.1, -0.05) is 18.2 Å². The monoisotopic (exact) mass is 314 g/mol. The van der Waals surface area contributed by atoms with Crippen LogP contribution in [0.25, 0.3) is 11.0 Å². The molecule has 0 unspecified atom stereocenters. The van der Waals surface area contributed by atoms with E-state index in [1.807, 2.05) is 23.1 Å². The Kier molecular flexibility index (Phi) is 4.06. The topological polar surface area (TPSA) is 80.9 Å². The van der Waals surface area contributed by atoms with E-state index in [1.54, 1.807) is 30.1 Å². The van der Waals surface area contributed by atoms with Gasteiger partial charge in [0.2, 0.25) is 0 Å². The number of carboxylic acid groups (broad SMARTS) is 1. The quantitative estimate of drug-likeness (QED) is 0.575. The highest BCUT2D eigenvalue weighted by atomic mass is 32.2. The number of benzene rings is 1. The summed E-state index contributed by atoms with van der Waals surface area (Å²) >= 11 is 1.54. The van der Waals surface area contributed by atoms with Crippen LogP contribution in [-0.4, -0.2) is 37.1 Å². The SMILES string of the molecule is CSc1ncnc2cnn(CCc3ccccc3C(=O)O)c12. The van der Waals surface area contributed by atoms with E-state index >= 15 is 0 Å². The van der Waals surface area contributed by atoms with E-state index in [4.69, 9.17) is 0 Å². The number of aromatic carboxylic acids is 1. The van der Waals surface area contributed by atoms with Gasteiger partial charge in [0, 0.05) is 6.54 Å². The van der Waals surface area contributed by atoms with Gasteiger partial charge < -0.3 is 5.11 Å². The molecule has 0 saturated carbocycles. The summed E-state index contributed by atoms with van der Waals surface area (Å²) in [6.07, 6.45) is 5.78. The summed E-state index contributed by atoms with van der Waals surface area (Å²) in [5, 5.41) is 14.4. The average Bonchev–Trinajstić information content (AvgIpc) is 2.96. The first-order valence-electron chi connectivity index (χ1n) is 6.72. The second-order valence-corrected chi connectivity index (χ2v) is 5.49. The third-order valence-electron chi connectivity index (χ3n) is 3.43. The maximum atomic E-state index is 11.3. The minimum atomic E-state index is -0.908. The van der Waals surface area contributed by atoms with Crippen LogP contribution in [0.15, 0.2) is 41.8 Å². The van der Waals surface area contributed by atoms with Crippen molar-refractivity contribution in [2.45, 2.75) is 18.0 Å². The molecule has 7 heteroatoms. The molecular formula is C15H14N4O2S. The van der Waals surface area contributed by atoms with Crippen LogP contribution < -0.4 is 0 Å². The molecule has 3 rings (SSSR count). The standard InChI is InChI=1S/C15H14N4O2S/c1-22-14-13-12(16-9-17-14)8-18-19(13)7-6-10-4-2-3-5-11(10)15(20)21/h2-5,8-9H,6-7H2,1H3,(H,20,21). The van der Waals surface area contributed by atoms with E-state index < -0.39 is 5.97 Å². The van der Waals surface area contributed by atoms with Gasteiger partial charge in [0.1, 0.15) is 22.4 Å². The van der Waals surface area contributed by atoms with E-state index in [9.17, 15) is 9.90 Å². The number of hydrogen-bond acceptors (Lipinski definition) is 5. The zero-order valence-corrected chi connectivity index (χ0v) is 12.7. The van der Waals surface area contributed by atoms with Crippen LogP contribution in [-0.2, 0) is 13.0 Å². The molecule has 112 valence electrons. The number of fused-ring (bicyclic) bond motifs is 1. The molecule has 2 heterocycles. The molecule has 3 aromatic rings. The second kappa shape index (κ2) is 6.15. The summed E-state index contributed by atoms with van der Waals surface area (Å²) in [5.41, 5.74) is 2.81. The Bertz CT molecular complexity index is 831. The summed E-state index contributed by atoms with van der Waals surface area (Å²) in [6.45, 7) is 0.578. The van der Waals surface area contributed by atoms with Crippen LogP contribution in [0.4, 0.5) is 0 Å². The van der Waals surface area contributed by atoms with Crippen LogP contribution >= 0.6 is 11.8 Å². The van der Waals surface area contributed by atoms with Crippen molar-refractivity contribution < 1.29 is 9.90 Å².